The maximum atomic E-state index is 14.2. The average Bonchev–Trinajstić information content (AvgIpc) is 3.54. The minimum Gasteiger partial charge on any atom is -0.457 e. The quantitative estimate of drug-likeness (QED) is 0.0815. The van der Waals surface area contributed by atoms with Crippen LogP contribution in [0.1, 0.15) is 26.4 Å². The van der Waals surface area contributed by atoms with Crippen LogP contribution in [0.4, 0.5) is 5.82 Å². The van der Waals surface area contributed by atoms with Gasteiger partial charge in [-0.25, -0.2) is 0 Å². The van der Waals surface area contributed by atoms with E-state index in [1.54, 1.807) is 56.6 Å². The Hall–Kier alpha value is -3.90. The molecule has 0 spiro atoms. The molecule has 45 heavy (non-hydrogen) atoms. The lowest BCUT2D eigenvalue weighted by molar-refractivity contribution is 0.0827. The minimum absolute atomic E-state index is 0.131. The lowest BCUT2D eigenvalue weighted by Crippen LogP contribution is -2.22. The van der Waals surface area contributed by atoms with Gasteiger partial charge in [-0.1, -0.05) is 53.2 Å². The van der Waals surface area contributed by atoms with Crippen molar-refractivity contribution >= 4 is 64.0 Å². The molecule has 0 radical (unpaired) electrons. The van der Waals surface area contributed by atoms with Crippen LogP contribution in [0.3, 0.4) is 0 Å². The third kappa shape index (κ3) is 7.33. The number of anilines is 1. The summed E-state index contributed by atoms with van der Waals surface area (Å²) in [6.07, 6.45) is 0. The van der Waals surface area contributed by atoms with Gasteiger partial charge in [-0.2, -0.15) is 5.10 Å². The second kappa shape index (κ2) is 13.2. The first-order valence-corrected chi connectivity index (χ1v) is 19.2. The van der Waals surface area contributed by atoms with E-state index in [0.29, 0.717) is 45.6 Å². The van der Waals surface area contributed by atoms with Crippen LogP contribution in [0.15, 0.2) is 71.2 Å². The summed E-state index contributed by atoms with van der Waals surface area (Å²) in [5, 5.41) is 8.34. The third-order valence-corrected chi connectivity index (χ3v) is 9.76. The van der Waals surface area contributed by atoms with Crippen LogP contribution in [0.5, 0.6) is 11.5 Å². The predicted octanol–water partition coefficient (Wildman–Crippen LogP) is 8.07. The highest BCUT2D eigenvalue weighted by Crippen LogP contribution is 2.37. The molecular weight excluding hydrogens is 674 g/mol. The van der Waals surface area contributed by atoms with Crippen molar-refractivity contribution in [2.45, 2.75) is 32.4 Å². The molecule has 2 heterocycles. The zero-order chi connectivity index (χ0) is 32.5. The van der Waals surface area contributed by atoms with Crippen molar-refractivity contribution in [2.24, 2.45) is 0 Å². The van der Waals surface area contributed by atoms with Gasteiger partial charge in [0.05, 0.1) is 21.8 Å². The van der Waals surface area contributed by atoms with E-state index in [9.17, 15) is 9.59 Å². The van der Waals surface area contributed by atoms with E-state index in [1.807, 2.05) is 28.8 Å². The maximum absolute atomic E-state index is 14.2. The van der Waals surface area contributed by atoms with Crippen LogP contribution in [0, 0.1) is 0 Å². The van der Waals surface area contributed by atoms with Crippen LogP contribution in [-0.2, 0) is 11.5 Å². The van der Waals surface area contributed by atoms with Gasteiger partial charge in [-0.15, -0.1) is 0 Å². The Morgan fingerprint density at radius 3 is 2.51 bits per heavy atom. The number of halogens is 2. The molecule has 12 heteroatoms. The standard InChI is InChI=1S/C33H35BrClN5O4Si/c1-39(2)33(42)20-7-6-8-23(16-20)44-24-10-11-25(26(35)18-24)30-29(32(36)38-37-30)31(41)28-17-21-15-22(34)9-12-27(21)40(28)19-43-13-14-45(3,4)5/h6-12,15-18H,13-14,19H2,1-5H3,(H3,36,37,38). The number of carbonyl (C=O) groups is 2. The van der Waals surface area contributed by atoms with Gasteiger partial charge in [0.15, 0.2) is 0 Å². The van der Waals surface area contributed by atoms with Gasteiger partial charge in [-0.3, -0.25) is 14.7 Å². The number of ether oxygens (including phenoxy) is 2. The van der Waals surface area contributed by atoms with E-state index in [0.717, 1.165) is 21.4 Å². The predicted molar refractivity (Wildman–Crippen MR) is 185 cm³/mol. The van der Waals surface area contributed by atoms with Crippen molar-refractivity contribution in [1.29, 1.82) is 0 Å². The Morgan fingerprint density at radius 2 is 1.80 bits per heavy atom. The number of ketones is 1. The number of benzene rings is 3. The second-order valence-electron chi connectivity index (χ2n) is 12.2. The van der Waals surface area contributed by atoms with Crippen molar-refractivity contribution < 1.29 is 19.1 Å². The number of carbonyl (C=O) groups excluding carboxylic acids is 2. The molecule has 0 bridgehead atoms. The van der Waals surface area contributed by atoms with E-state index in [2.05, 4.69) is 45.8 Å². The number of amides is 1. The van der Waals surface area contributed by atoms with Crippen molar-refractivity contribution in [3.63, 3.8) is 0 Å². The molecule has 5 rings (SSSR count). The van der Waals surface area contributed by atoms with Gasteiger partial charge in [0.25, 0.3) is 5.91 Å². The number of nitrogen functional groups attached to an aromatic ring is 1. The number of nitrogens with two attached hydrogens (primary N) is 1. The van der Waals surface area contributed by atoms with Crippen LogP contribution in [-0.4, -0.2) is 60.1 Å². The van der Waals surface area contributed by atoms with Gasteiger partial charge >= 0.3 is 0 Å². The Morgan fingerprint density at radius 1 is 1.04 bits per heavy atom. The Labute approximate surface area is 276 Å². The number of hydrogen-bond donors (Lipinski definition) is 2. The van der Waals surface area contributed by atoms with Crippen LogP contribution in [0.25, 0.3) is 22.2 Å². The van der Waals surface area contributed by atoms with Crippen LogP contribution >= 0.6 is 27.5 Å². The Bertz CT molecular complexity index is 1900. The van der Waals surface area contributed by atoms with Crippen LogP contribution < -0.4 is 10.5 Å². The molecule has 0 saturated heterocycles. The van der Waals surface area contributed by atoms with Crippen molar-refractivity contribution in [1.82, 2.24) is 19.7 Å². The Balaban J connectivity index is 1.46. The van der Waals surface area contributed by atoms with E-state index in [4.69, 9.17) is 26.8 Å². The SMILES string of the molecule is CN(C)C(=O)c1cccc(Oc2ccc(-c3n[nH]c(N)c3C(=O)c3cc4cc(Br)ccc4n3COCC[Si](C)(C)C)c(Cl)c2)c1. The summed E-state index contributed by atoms with van der Waals surface area (Å²) in [7, 11) is 2.10. The first kappa shape index (κ1) is 32.5. The van der Waals surface area contributed by atoms with Crippen molar-refractivity contribution in [3.05, 3.63) is 93.0 Å². The highest BCUT2D eigenvalue weighted by Gasteiger charge is 2.27. The van der Waals surface area contributed by atoms with E-state index in [-0.39, 0.29) is 29.8 Å². The van der Waals surface area contributed by atoms with Crippen LogP contribution in [0.2, 0.25) is 30.7 Å². The van der Waals surface area contributed by atoms with Gasteiger partial charge < -0.3 is 24.7 Å². The topological polar surface area (TPSA) is 115 Å². The van der Waals surface area contributed by atoms with E-state index < -0.39 is 8.07 Å². The molecule has 0 aliphatic heterocycles. The molecule has 0 aliphatic carbocycles. The molecule has 3 aromatic carbocycles. The number of aromatic nitrogens is 3. The summed E-state index contributed by atoms with van der Waals surface area (Å²) in [4.78, 5) is 28.1. The lowest BCUT2D eigenvalue weighted by Gasteiger charge is -2.17. The van der Waals surface area contributed by atoms with Crippen molar-refractivity contribution in [3.8, 4) is 22.8 Å². The second-order valence-corrected chi connectivity index (χ2v) is 19.1. The van der Waals surface area contributed by atoms with Crippen molar-refractivity contribution in [2.75, 3.05) is 26.4 Å². The summed E-state index contributed by atoms with van der Waals surface area (Å²) in [5.41, 5.74) is 9.16. The smallest absolute Gasteiger partial charge is 0.253 e. The molecule has 0 saturated carbocycles. The highest BCUT2D eigenvalue weighted by atomic mass is 79.9. The number of nitrogens with one attached hydrogen (secondary N) is 1. The van der Waals surface area contributed by atoms with E-state index in [1.165, 1.54) is 4.90 Å². The summed E-state index contributed by atoms with van der Waals surface area (Å²) in [6.45, 7) is 7.73. The molecule has 2 aromatic heterocycles. The fraction of sp³-hybridized carbons (Fsp3) is 0.242. The average molecular weight is 709 g/mol. The van der Waals surface area contributed by atoms with Gasteiger partial charge in [0, 0.05) is 55.8 Å². The molecule has 1 amide bonds. The summed E-state index contributed by atoms with van der Waals surface area (Å²) < 4.78 is 14.9. The van der Waals surface area contributed by atoms with Gasteiger partial charge in [-0.05, 0) is 60.6 Å². The first-order chi connectivity index (χ1) is 21.3. The lowest BCUT2D eigenvalue weighted by atomic mass is 10.0. The largest absolute Gasteiger partial charge is 0.457 e. The number of fused-ring (bicyclic) bond motifs is 1. The normalized spacial score (nSPS) is 11.6. The first-order valence-electron chi connectivity index (χ1n) is 14.4. The number of hydrogen-bond acceptors (Lipinski definition) is 6. The summed E-state index contributed by atoms with van der Waals surface area (Å²) in [6, 6.07) is 20.7. The molecule has 0 fully saturated rings. The molecule has 9 nitrogen and oxygen atoms in total. The van der Waals surface area contributed by atoms with Gasteiger partial charge in [0.1, 0.15) is 29.7 Å². The molecule has 0 aliphatic rings. The van der Waals surface area contributed by atoms with Gasteiger partial charge in [0.2, 0.25) is 5.78 Å². The number of aromatic amines is 1. The monoisotopic (exact) mass is 707 g/mol. The minimum atomic E-state index is -1.29. The molecule has 3 N–H and O–H groups in total. The Kier molecular flexibility index (Phi) is 9.54. The van der Waals surface area contributed by atoms with E-state index >= 15 is 0 Å². The third-order valence-electron chi connectivity index (χ3n) is 7.25. The number of nitrogens with zero attached hydrogens (tertiary/aromatic N) is 3. The fourth-order valence-corrected chi connectivity index (χ4v) is 6.25. The summed E-state index contributed by atoms with van der Waals surface area (Å²) in [5.74, 6) is 0.628. The highest BCUT2D eigenvalue weighted by molar-refractivity contribution is 9.10. The number of H-pyrrole nitrogens is 1. The number of rotatable bonds is 11. The molecule has 234 valence electrons. The molecule has 0 unspecified atom stereocenters. The molecule has 5 aromatic rings. The fourth-order valence-electron chi connectivity index (χ4n) is 4.85. The molecular formula is C33H35BrClN5O4Si. The zero-order valence-corrected chi connectivity index (χ0v) is 29.1. The summed E-state index contributed by atoms with van der Waals surface area (Å²) >= 11 is 10.3. The maximum Gasteiger partial charge on any atom is 0.253 e. The molecule has 0 atom stereocenters. The zero-order valence-electron chi connectivity index (χ0n) is 25.8.